The zero-order valence-electron chi connectivity index (χ0n) is 23.8. The van der Waals surface area contributed by atoms with Crippen LogP contribution >= 0.6 is 0 Å². The Hall–Kier alpha value is -4.17. The van der Waals surface area contributed by atoms with E-state index < -0.39 is 36.2 Å². The predicted molar refractivity (Wildman–Crippen MR) is 159 cm³/mol. The number of carbonyl (C=O) groups excluding carboxylic acids is 2. The number of aliphatic carboxylic acids is 1. The van der Waals surface area contributed by atoms with Gasteiger partial charge in [0.2, 0.25) is 5.91 Å². The van der Waals surface area contributed by atoms with Gasteiger partial charge in [-0.1, -0.05) is 91.7 Å². The summed E-state index contributed by atoms with van der Waals surface area (Å²) in [4.78, 5) is 38.2. The summed E-state index contributed by atoms with van der Waals surface area (Å²) >= 11 is 0. The Morgan fingerprint density at radius 1 is 0.857 bits per heavy atom. The Bertz CT molecular complexity index is 1340. The molecule has 1 fully saturated rings. The van der Waals surface area contributed by atoms with Gasteiger partial charge in [-0.2, -0.15) is 0 Å². The summed E-state index contributed by atoms with van der Waals surface area (Å²) in [5.74, 6) is -1.57. The van der Waals surface area contributed by atoms with Crippen LogP contribution in [0, 0.1) is 5.92 Å². The van der Waals surface area contributed by atoms with Gasteiger partial charge in [0.1, 0.15) is 6.61 Å². The summed E-state index contributed by atoms with van der Waals surface area (Å²) in [5, 5.41) is 15.4. The molecule has 0 radical (unpaired) electrons. The highest BCUT2D eigenvalue weighted by Crippen LogP contribution is 2.44. The number of hydrogen-bond acceptors (Lipinski definition) is 5. The van der Waals surface area contributed by atoms with Crippen molar-refractivity contribution in [2.24, 2.45) is 5.92 Å². The quantitative estimate of drug-likeness (QED) is 0.259. The van der Waals surface area contributed by atoms with Crippen molar-refractivity contribution in [2.75, 3.05) is 6.61 Å². The second kappa shape index (κ2) is 13.7. The molecule has 42 heavy (non-hydrogen) atoms. The van der Waals surface area contributed by atoms with E-state index in [1.54, 1.807) is 6.92 Å². The minimum Gasteiger partial charge on any atom is -0.480 e. The largest absolute Gasteiger partial charge is 0.480 e. The van der Waals surface area contributed by atoms with Crippen LogP contribution in [0.5, 0.6) is 0 Å². The summed E-state index contributed by atoms with van der Waals surface area (Å²) in [7, 11) is 0. The molecule has 8 heteroatoms. The number of carboxylic acid groups (broad SMARTS) is 1. The third kappa shape index (κ3) is 6.99. The third-order valence-electron chi connectivity index (χ3n) is 8.43. The van der Waals surface area contributed by atoms with Gasteiger partial charge in [-0.25, -0.2) is 9.59 Å². The maximum Gasteiger partial charge on any atom is 0.407 e. The van der Waals surface area contributed by atoms with E-state index in [9.17, 15) is 19.5 Å². The smallest absolute Gasteiger partial charge is 0.407 e. The van der Waals surface area contributed by atoms with Gasteiger partial charge >= 0.3 is 12.1 Å². The van der Waals surface area contributed by atoms with Crippen LogP contribution in [0.25, 0.3) is 11.1 Å². The number of amides is 2. The molecular weight excluding hydrogens is 532 g/mol. The van der Waals surface area contributed by atoms with Gasteiger partial charge in [0.25, 0.3) is 0 Å². The molecule has 3 aromatic rings. The fourth-order valence-electron chi connectivity index (χ4n) is 6.20. The van der Waals surface area contributed by atoms with E-state index in [1.165, 1.54) is 0 Å². The molecule has 0 aromatic heterocycles. The lowest BCUT2D eigenvalue weighted by atomic mass is 9.95. The number of carbonyl (C=O) groups is 3. The molecular formula is C34H38N2O6. The van der Waals surface area contributed by atoms with Crippen LogP contribution < -0.4 is 10.6 Å². The first kappa shape index (κ1) is 29.3. The zero-order valence-corrected chi connectivity index (χ0v) is 23.8. The topological polar surface area (TPSA) is 114 Å². The van der Waals surface area contributed by atoms with Crippen LogP contribution in [-0.2, 0) is 25.7 Å². The first-order valence-corrected chi connectivity index (χ1v) is 14.7. The monoisotopic (exact) mass is 570 g/mol. The van der Waals surface area contributed by atoms with E-state index in [-0.39, 0.29) is 31.5 Å². The van der Waals surface area contributed by atoms with Crippen LogP contribution in [0.4, 0.5) is 4.79 Å². The average molecular weight is 571 g/mol. The highest BCUT2D eigenvalue weighted by atomic mass is 16.5. The molecule has 5 rings (SSSR count). The standard InChI is InChI=1S/C34H38N2O6/c1-22(41-20-23-11-3-2-4-12-23)32(33(38)39)36-31(37)19-30(24-13-5-6-14-24)35-34(40)42-21-29-27-17-9-7-15-25(27)26-16-8-10-18-28(26)29/h2-4,7-12,15-18,22,24,29-30,32H,5-6,13-14,19-21H2,1H3,(H,35,40)(H,36,37)(H,38,39)/t22-,30?,32+/m1/s1. The number of alkyl carbamates (subject to hydrolysis) is 1. The fraction of sp³-hybridized carbons (Fsp3) is 0.382. The van der Waals surface area contributed by atoms with Gasteiger partial charge in [-0.15, -0.1) is 0 Å². The molecule has 3 atom stereocenters. The van der Waals surface area contributed by atoms with Gasteiger partial charge in [-0.05, 0) is 53.5 Å². The summed E-state index contributed by atoms with van der Waals surface area (Å²) in [6, 6.07) is 24.1. The second-order valence-corrected chi connectivity index (χ2v) is 11.2. The minimum atomic E-state index is -1.22. The van der Waals surface area contributed by atoms with E-state index in [0.717, 1.165) is 53.5 Å². The minimum absolute atomic E-state index is 0.0377. The number of nitrogens with one attached hydrogen (secondary N) is 2. The van der Waals surface area contributed by atoms with Crippen LogP contribution in [0.15, 0.2) is 78.9 Å². The maximum atomic E-state index is 13.1. The summed E-state index contributed by atoms with van der Waals surface area (Å²) in [5.41, 5.74) is 5.46. The summed E-state index contributed by atoms with van der Waals surface area (Å²) in [6.45, 7) is 2.04. The number of benzene rings is 3. The van der Waals surface area contributed by atoms with Gasteiger partial charge < -0.3 is 25.2 Å². The van der Waals surface area contributed by atoms with Crippen molar-refractivity contribution in [1.82, 2.24) is 10.6 Å². The van der Waals surface area contributed by atoms with E-state index in [0.29, 0.717) is 0 Å². The number of carboxylic acids is 1. The van der Waals surface area contributed by atoms with Crippen molar-refractivity contribution in [3.63, 3.8) is 0 Å². The predicted octanol–water partition coefficient (Wildman–Crippen LogP) is 5.65. The van der Waals surface area contributed by atoms with Crippen molar-refractivity contribution < 1.29 is 29.0 Å². The molecule has 2 aliphatic rings. The molecule has 2 aliphatic carbocycles. The average Bonchev–Trinajstić information content (AvgIpc) is 3.65. The summed E-state index contributed by atoms with van der Waals surface area (Å²) in [6.07, 6.45) is 2.46. The van der Waals surface area contributed by atoms with E-state index in [2.05, 4.69) is 34.9 Å². The molecule has 1 saturated carbocycles. The molecule has 0 heterocycles. The Balaban J connectivity index is 1.19. The summed E-state index contributed by atoms with van der Waals surface area (Å²) < 4.78 is 11.5. The number of ether oxygens (including phenoxy) is 2. The number of rotatable bonds is 12. The molecule has 1 unspecified atom stereocenters. The Labute approximate surface area is 246 Å². The molecule has 0 aliphatic heterocycles. The number of hydrogen-bond donors (Lipinski definition) is 3. The second-order valence-electron chi connectivity index (χ2n) is 11.2. The van der Waals surface area contributed by atoms with Gasteiger partial charge in [-0.3, -0.25) is 4.79 Å². The van der Waals surface area contributed by atoms with Crippen molar-refractivity contribution >= 4 is 18.0 Å². The number of fused-ring (bicyclic) bond motifs is 3. The van der Waals surface area contributed by atoms with Crippen molar-refractivity contribution in [1.29, 1.82) is 0 Å². The van der Waals surface area contributed by atoms with E-state index in [4.69, 9.17) is 9.47 Å². The molecule has 3 aromatic carbocycles. The highest BCUT2D eigenvalue weighted by molar-refractivity contribution is 5.84. The third-order valence-corrected chi connectivity index (χ3v) is 8.43. The van der Waals surface area contributed by atoms with Crippen LogP contribution in [0.2, 0.25) is 0 Å². The van der Waals surface area contributed by atoms with Gasteiger partial charge in [0, 0.05) is 18.4 Å². The van der Waals surface area contributed by atoms with Gasteiger partial charge in [0.15, 0.2) is 6.04 Å². The highest BCUT2D eigenvalue weighted by Gasteiger charge is 2.33. The van der Waals surface area contributed by atoms with Crippen LogP contribution in [0.3, 0.4) is 0 Å². The van der Waals surface area contributed by atoms with E-state index >= 15 is 0 Å². The Morgan fingerprint density at radius 2 is 1.45 bits per heavy atom. The SMILES string of the molecule is C[C@@H](OCc1ccccc1)[C@H](NC(=O)CC(NC(=O)OCC1c2ccccc2-c2ccccc21)C1CCCC1)C(=O)O. The van der Waals surface area contributed by atoms with Crippen LogP contribution in [0.1, 0.15) is 61.6 Å². The molecule has 0 saturated heterocycles. The van der Waals surface area contributed by atoms with Crippen molar-refractivity contribution in [3.8, 4) is 11.1 Å². The molecule has 0 spiro atoms. The first-order chi connectivity index (χ1) is 20.4. The molecule has 8 nitrogen and oxygen atoms in total. The zero-order chi connectivity index (χ0) is 29.5. The molecule has 3 N–H and O–H groups in total. The maximum absolute atomic E-state index is 13.1. The van der Waals surface area contributed by atoms with Gasteiger partial charge in [0.05, 0.1) is 12.7 Å². The van der Waals surface area contributed by atoms with Crippen molar-refractivity contribution in [3.05, 3.63) is 95.6 Å². The Morgan fingerprint density at radius 3 is 2.07 bits per heavy atom. The lowest BCUT2D eigenvalue weighted by molar-refractivity contribution is -0.146. The van der Waals surface area contributed by atoms with Crippen LogP contribution in [-0.4, -0.2) is 47.9 Å². The molecule has 220 valence electrons. The lowest BCUT2D eigenvalue weighted by Gasteiger charge is -2.26. The molecule has 0 bridgehead atoms. The normalized spacial score (nSPS) is 16.6. The first-order valence-electron chi connectivity index (χ1n) is 14.7. The van der Waals surface area contributed by atoms with Crippen molar-refractivity contribution in [2.45, 2.75) is 69.7 Å². The fourth-order valence-corrected chi connectivity index (χ4v) is 6.20. The lowest BCUT2D eigenvalue weighted by Crippen LogP contribution is -2.51. The Kier molecular flexibility index (Phi) is 9.54. The van der Waals surface area contributed by atoms with E-state index in [1.807, 2.05) is 54.6 Å². The molecule has 2 amide bonds.